The molecule has 1 unspecified atom stereocenters. The summed E-state index contributed by atoms with van der Waals surface area (Å²) in [6.45, 7) is 2.65. The molecule has 2 aliphatic rings. The number of methoxy groups -OCH3 is 1. The summed E-state index contributed by atoms with van der Waals surface area (Å²) in [7, 11) is 3.28. The number of aromatic nitrogens is 8. The third kappa shape index (κ3) is 5.44. The van der Waals surface area contributed by atoms with Gasteiger partial charge in [0.2, 0.25) is 17.1 Å². The molecule has 0 radical (unpaired) electrons. The lowest BCUT2D eigenvalue weighted by Gasteiger charge is -2.31. The van der Waals surface area contributed by atoms with Crippen LogP contribution in [-0.2, 0) is 16.1 Å². The zero-order valence-electron chi connectivity index (χ0n) is 27.0. The number of halogens is 4. The average Bonchev–Trinajstić information content (AvgIpc) is 3.78. The summed E-state index contributed by atoms with van der Waals surface area (Å²) in [4.78, 5) is 40.4. The number of benzene rings is 2. The molecule has 2 aliphatic heterocycles. The fraction of sp³-hybridized carbons (Fsp3) is 0.303. The Hall–Kier alpha value is -5.35. The number of carbonyl (C=O) groups is 1. The molecule has 6 aromatic rings. The van der Waals surface area contributed by atoms with Crippen LogP contribution in [0.3, 0.4) is 0 Å². The van der Waals surface area contributed by atoms with E-state index in [1.165, 1.54) is 29.1 Å². The van der Waals surface area contributed by atoms with Crippen molar-refractivity contribution >= 4 is 51.3 Å². The lowest BCUT2D eigenvalue weighted by Crippen LogP contribution is -2.47. The predicted octanol–water partition coefficient (Wildman–Crippen LogP) is 4.55. The van der Waals surface area contributed by atoms with Crippen molar-refractivity contribution < 1.29 is 22.7 Å². The SMILES string of the molecule is CO[C@H]1CN(C)C(=O)[C@@H]2CC(CN2c2nc(Cl)nc3c2cnn3-c2ccc(F)cc2F)Nc2nccc(n2)-c2cc(F)cc3nc(C)n(c23)C1. The van der Waals surface area contributed by atoms with E-state index in [0.29, 0.717) is 52.3 Å². The highest BCUT2D eigenvalue weighted by Gasteiger charge is 2.41. The Morgan fingerprint density at radius 1 is 1.00 bits per heavy atom. The van der Waals surface area contributed by atoms with Crippen molar-refractivity contribution in [3.63, 3.8) is 0 Å². The Morgan fingerprint density at radius 2 is 1.84 bits per heavy atom. The topological polar surface area (TPSA) is 132 Å². The highest BCUT2D eigenvalue weighted by Crippen LogP contribution is 2.35. The number of ether oxygens (including phenoxy) is 1. The number of amides is 1. The van der Waals surface area contributed by atoms with Gasteiger partial charge >= 0.3 is 0 Å². The van der Waals surface area contributed by atoms with Crippen molar-refractivity contribution in [1.82, 2.24) is 44.2 Å². The third-order valence-electron chi connectivity index (χ3n) is 9.21. The molecule has 0 saturated carbocycles. The van der Waals surface area contributed by atoms with Crippen molar-refractivity contribution in [2.24, 2.45) is 0 Å². The van der Waals surface area contributed by atoms with Crippen LogP contribution in [0.4, 0.5) is 24.9 Å². The van der Waals surface area contributed by atoms with Gasteiger partial charge in [-0.25, -0.2) is 32.8 Å². The second-order valence-corrected chi connectivity index (χ2v) is 12.7. The number of nitrogens with zero attached hydrogens (tertiary/aromatic N) is 10. The van der Waals surface area contributed by atoms with Crippen LogP contribution < -0.4 is 10.2 Å². The molecule has 6 heterocycles. The van der Waals surface area contributed by atoms with Crippen molar-refractivity contribution in [2.45, 2.75) is 38.1 Å². The van der Waals surface area contributed by atoms with Crippen LogP contribution >= 0.6 is 11.6 Å². The average molecular weight is 704 g/mol. The fourth-order valence-electron chi connectivity index (χ4n) is 6.91. The molecule has 8 rings (SSSR count). The largest absolute Gasteiger partial charge is 0.378 e. The van der Waals surface area contributed by atoms with Gasteiger partial charge in [-0.05, 0) is 49.2 Å². The molecular formula is C33H29ClF3N11O2. The van der Waals surface area contributed by atoms with E-state index in [2.05, 4.69) is 30.4 Å². The molecule has 0 aliphatic carbocycles. The summed E-state index contributed by atoms with van der Waals surface area (Å²) in [6.07, 6.45) is 2.91. The summed E-state index contributed by atoms with van der Waals surface area (Å²) >= 11 is 6.45. The monoisotopic (exact) mass is 703 g/mol. The van der Waals surface area contributed by atoms with E-state index in [1.807, 2.05) is 16.4 Å². The smallest absolute Gasteiger partial charge is 0.245 e. The molecule has 1 N–H and O–H groups in total. The van der Waals surface area contributed by atoms with Gasteiger partial charge in [-0.1, -0.05) is 0 Å². The maximum Gasteiger partial charge on any atom is 0.245 e. The Balaban J connectivity index is 1.24. The first-order valence-electron chi connectivity index (χ1n) is 15.8. The highest BCUT2D eigenvalue weighted by molar-refractivity contribution is 6.28. The van der Waals surface area contributed by atoms with Gasteiger partial charge in [0, 0.05) is 57.2 Å². The molecule has 0 spiro atoms. The second-order valence-electron chi connectivity index (χ2n) is 12.4. The Labute approximate surface area is 287 Å². The van der Waals surface area contributed by atoms with E-state index in [-0.39, 0.29) is 47.6 Å². The van der Waals surface area contributed by atoms with Gasteiger partial charge in [0.15, 0.2) is 11.5 Å². The maximum absolute atomic E-state index is 14.9. The Bertz CT molecular complexity index is 2310. The van der Waals surface area contributed by atoms with Crippen molar-refractivity contribution in [2.75, 3.05) is 37.5 Å². The lowest BCUT2D eigenvalue weighted by atomic mass is 10.1. The molecule has 1 fully saturated rings. The number of carbonyl (C=O) groups excluding carboxylic acids is 1. The predicted molar refractivity (Wildman–Crippen MR) is 179 cm³/mol. The number of rotatable bonds is 3. The minimum Gasteiger partial charge on any atom is -0.378 e. The number of aryl methyl sites for hydroxylation is 1. The molecule has 1 saturated heterocycles. The molecule has 4 aromatic heterocycles. The van der Waals surface area contributed by atoms with E-state index in [1.54, 1.807) is 31.3 Å². The standard InChI is InChI=1S/C33H29ClF3N11O2/c1-16-40-25-10-18(36)8-21-24-6-7-38-33(42-24)41-19-11-27(31(49)45(2)14-20(50-3)15-46(16)28(21)25)47(13-19)29-22-12-39-48(30(22)44-32(34)43-29)26-5-4-17(35)9-23(26)37/h4-10,12,19-20,27H,11,13-15H2,1-3H3,(H,38,41,42)/t19?,20-,27-/m0/s1. The number of hydrogen-bond acceptors (Lipinski definition) is 10. The van der Waals surface area contributed by atoms with Crippen LogP contribution in [0, 0.1) is 24.4 Å². The van der Waals surface area contributed by atoms with Gasteiger partial charge in [-0.3, -0.25) is 4.79 Å². The lowest BCUT2D eigenvalue weighted by molar-refractivity contribution is -0.132. The third-order valence-corrected chi connectivity index (χ3v) is 9.38. The molecule has 17 heteroatoms. The minimum absolute atomic E-state index is 0.0358. The van der Waals surface area contributed by atoms with Gasteiger partial charge in [-0.15, -0.1) is 0 Å². The number of fused-ring (bicyclic) bond motifs is 6. The summed E-state index contributed by atoms with van der Waals surface area (Å²) in [5.41, 5.74) is 2.33. The first-order valence-corrected chi connectivity index (χ1v) is 16.1. The van der Waals surface area contributed by atoms with Crippen LogP contribution in [0.2, 0.25) is 5.28 Å². The van der Waals surface area contributed by atoms with Gasteiger partial charge in [0.25, 0.3) is 0 Å². The molecule has 256 valence electrons. The number of anilines is 2. The first kappa shape index (κ1) is 31.9. The summed E-state index contributed by atoms with van der Waals surface area (Å²) < 4.78 is 52.6. The van der Waals surface area contributed by atoms with Gasteiger partial charge in [-0.2, -0.15) is 15.1 Å². The van der Waals surface area contributed by atoms with Crippen molar-refractivity contribution in [1.29, 1.82) is 0 Å². The van der Waals surface area contributed by atoms with Crippen LogP contribution in [0.1, 0.15) is 12.2 Å². The van der Waals surface area contributed by atoms with Crippen molar-refractivity contribution in [3.8, 4) is 16.9 Å². The van der Waals surface area contributed by atoms with Crippen LogP contribution in [0.5, 0.6) is 0 Å². The maximum atomic E-state index is 14.9. The molecule has 2 aromatic carbocycles. The summed E-state index contributed by atoms with van der Waals surface area (Å²) in [5, 5.41) is 7.94. The minimum atomic E-state index is -0.841. The van der Waals surface area contributed by atoms with Crippen molar-refractivity contribution in [3.05, 3.63) is 77.4 Å². The van der Waals surface area contributed by atoms with Crippen LogP contribution in [0.25, 0.3) is 39.0 Å². The van der Waals surface area contributed by atoms with E-state index >= 15 is 0 Å². The number of hydrogen-bond donors (Lipinski definition) is 1. The normalized spacial score (nSPS) is 19.6. The zero-order chi connectivity index (χ0) is 34.8. The molecule has 4 bridgehead atoms. The molecular weight excluding hydrogens is 675 g/mol. The van der Waals surface area contributed by atoms with E-state index in [9.17, 15) is 18.0 Å². The van der Waals surface area contributed by atoms with Gasteiger partial charge in [0.05, 0.1) is 41.0 Å². The molecule has 13 nitrogen and oxygen atoms in total. The van der Waals surface area contributed by atoms with Crippen LogP contribution in [-0.4, -0.2) is 95.5 Å². The summed E-state index contributed by atoms with van der Waals surface area (Å²) in [6, 6.07) is 6.55. The summed E-state index contributed by atoms with van der Waals surface area (Å²) in [5.74, 6) is -1.00. The quantitative estimate of drug-likeness (QED) is 0.262. The van der Waals surface area contributed by atoms with Gasteiger partial charge in [0.1, 0.15) is 35.0 Å². The van der Waals surface area contributed by atoms with Gasteiger partial charge < -0.3 is 24.4 Å². The number of nitrogens with one attached hydrogen (secondary N) is 1. The number of likely N-dealkylation sites (N-methyl/N-ethyl adjacent to an activating group) is 1. The molecule has 3 atom stereocenters. The molecule has 1 amide bonds. The number of imidazole rings is 1. The second kappa shape index (κ2) is 12.2. The van der Waals surface area contributed by atoms with E-state index in [4.69, 9.17) is 21.3 Å². The van der Waals surface area contributed by atoms with Crippen LogP contribution in [0.15, 0.2) is 48.8 Å². The molecule has 50 heavy (non-hydrogen) atoms. The van der Waals surface area contributed by atoms with E-state index in [0.717, 1.165) is 12.1 Å². The Morgan fingerprint density at radius 3 is 2.64 bits per heavy atom. The zero-order valence-corrected chi connectivity index (χ0v) is 27.7. The Kier molecular flexibility index (Phi) is 7.79. The van der Waals surface area contributed by atoms with E-state index < -0.39 is 29.6 Å². The first-order chi connectivity index (χ1) is 24.1. The highest BCUT2D eigenvalue weighted by atomic mass is 35.5. The fourth-order valence-corrected chi connectivity index (χ4v) is 7.07.